The van der Waals surface area contributed by atoms with Gasteiger partial charge in [-0.2, -0.15) is 0 Å². The quantitative estimate of drug-likeness (QED) is 0.588. The number of nitrogens with zero attached hydrogens (tertiary/aromatic N) is 1. The lowest BCUT2D eigenvalue weighted by molar-refractivity contribution is -0.0989. The van der Waals surface area contributed by atoms with E-state index in [1.807, 2.05) is 0 Å². The van der Waals surface area contributed by atoms with Crippen LogP contribution in [0.2, 0.25) is 0 Å². The second-order valence-corrected chi connectivity index (χ2v) is 5.10. The first-order valence-corrected chi connectivity index (χ1v) is 5.33. The summed E-state index contributed by atoms with van der Waals surface area (Å²) in [6.07, 6.45) is 0.225. The van der Waals surface area contributed by atoms with Crippen LogP contribution in [0.1, 0.15) is 20.8 Å². The second kappa shape index (κ2) is 4.64. The van der Waals surface area contributed by atoms with Crippen LogP contribution in [-0.4, -0.2) is 57.2 Å². The largest absolute Gasteiger partial charge is 0.382 e. The smallest absolute Gasteiger partial charge is 0.140 e. The molecule has 0 aromatic heterocycles. The summed E-state index contributed by atoms with van der Waals surface area (Å²) in [7, 11) is 3.85. The monoisotopic (exact) mass is 199 g/mol. The van der Waals surface area contributed by atoms with Crippen LogP contribution in [0.4, 0.5) is 0 Å². The maximum atomic E-state index is 5.79. The van der Waals surface area contributed by atoms with Gasteiger partial charge in [0.05, 0.1) is 12.7 Å². The minimum absolute atomic E-state index is 0.225. The predicted octanol–water partition coefficient (Wildman–Crippen LogP) is 0.0913. The lowest BCUT2D eigenvalue weighted by atomic mass is 9.94. The highest BCUT2D eigenvalue weighted by atomic mass is 16.5. The van der Waals surface area contributed by atoms with Crippen molar-refractivity contribution in [1.82, 2.24) is 4.90 Å². The van der Waals surface area contributed by atoms with Crippen molar-refractivity contribution in [2.45, 2.75) is 38.4 Å². The van der Waals surface area contributed by atoms with Gasteiger partial charge in [0.1, 0.15) is 7.85 Å². The molecule has 1 aliphatic heterocycles. The molecule has 0 radical (unpaired) electrons. The standard InChI is InChI=1S/C10H22BNO2/c1-10(2,3)12-5-8(7-13-4)14-9(11)6-12/h8-9H,5-7,11H2,1-4H3. The topological polar surface area (TPSA) is 21.7 Å². The van der Waals surface area contributed by atoms with Crippen LogP contribution in [-0.2, 0) is 9.47 Å². The summed E-state index contributed by atoms with van der Waals surface area (Å²) in [5.41, 5.74) is 0.226. The Bertz CT molecular complexity index is 181. The Kier molecular flexibility index (Phi) is 3.99. The van der Waals surface area contributed by atoms with Gasteiger partial charge >= 0.3 is 0 Å². The predicted molar refractivity (Wildman–Crippen MR) is 60.4 cm³/mol. The molecule has 3 nitrogen and oxygen atoms in total. The first-order valence-electron chi connectivity index (χ1n) is 5.33. The average Bonchev–Trinajstić information content (AvgIpc) is 2.02. The number of methoxy groups -OCH3 is 1. The van der Waals surface area contributed by atoms with Crippen molar-refractivity contribution in [2.75, 3.05) is 26.8 Å². The second-order valence-electron chi connectivity index (χ2n) is 5.10. The molecule has 0 amide bonds. The summed E-state index contributed by atoms with van der Waals surface area (Å²) in [4.78, 5) is 2.46. The Labute approximate surface area is 88.2 Å². The van der Waals surface area contributed by atoms with Crippen molar-refractivity contribution in [1.29, 1.82) is 0 Å². The van der Waals surface area contributed by atoms with Gasteiger partial charge in [-0.05, 0) is 20.8 Å². The lowest BCUT2D eigenvalue weighted by Gasteiger charge is -2.44. The van der Waals surface area contributed by atoms with Gasteiger partial charge in [0.2, 0.25) is 0 Å². The Morgan fingerprint density at radius 2 is 2.07 bits per heavy atom. The zero-order valence-corrected chi connectivity index (χ0v) is 10.0. The molecule has 0 spiro atoms. The van der Waals surface area contributed by atoms with Crippen molar-refractivity contribution in [3.8, 4) is 0 Å². The first kappa shape index (κ1) is 12.0. The van der Waals surface area contributed by atoms with E-state index in [4.69, 9.17) is 9.47 Å². The number of hydrogen-bond acceptors (Lipinski definition) is 3. The summed E-state index contributed by atoms with van der Waals surface area (Å²) in [5.74, 6) is 0. The van der Waals surface area contributed by atoms with E-state index < -0.39 is 0 Å². The first-order chi connectivity index (χ1) is 6.43. The maximum Gasteiger partial charge on any atom is 0.140 e. The molecule has 1 rings (SSSR count). The van der Waals surface area contributed by atoms with Crippen LogP contribution in [0.5, 0.6) is 0 Å². The van der Waals surface area contributed by atoms with E-state index in [0.29, 0.717) is 12.6 Å². The molecule has 1 saturated heterocycles. The Balaban J connectivity index is 2.54. The number of ether oxygens (including phenoxy) is 2. The number of morpholine rings is 1. The van der Waals surface area contributed by atoms with E-state index in [1.165, 1.54) is 0 Å². The molecular formula is C10H22BNO2. The van der Waals surface area contributed by atoms with E-state index in [2.05, 4.69) is 33.5 Å². The molecular weight excluding hydrogens is 177 g/mol. The van der Waals surface area contributed by atoms with Gasteiger partial charge in [-0.25, -0.2) is 0 Å². The van der Waals surface area contributed by atoms with Crippen molar-refractivity contribution < 1.29 is 9.47 Å². The molecule has 4 heteroatoms. The van der Waals surface area contributed by atoms with Crippen molar-refractivity contribution in [3.63, 3.8) is 0 Å². The van der Waals surface area contributed by atoms with Crippen LogP contribution in [0.3, 0.4) is 0 Å². The SMILES string of the molecule is BC1CN(C(C)(C)C)CC(COC)O1. The molecule has 0 aliphatic carbocycles. The highest BCUT2D eigenvalue weighted by molar-refractivity contribution is 6.11. The lowest BCUT2D eigenvalue weighted by Crippen LogP contribution is -2.55. The zero-order valence-electron chi connectivity index (χ0n) is 10.0. The van der Waals surface area contributed by atoms with Gasteiger partial charge in [-0.1, -0.05) is 0 Å². The van der Waals surface area contributed by atoms with Crippen LogP contribution >= 0.6 is 0 Å². The molecule has 1 heterocycles. The Morgan fingerprint density at radius 1 is 1.43 bits per heavy atom. The van der Waals surface area contributed by atoms with Crippen LogP contribution in [0, 0.1) is 0 Å². The third-order valence-corrected chi connectivity index (χ3v) is 2.63. The summed E-state index contributed by atoms with van der Waals surface area (Å²) in [6, 6.07) is 0.308. The van der Waals surface area contributed by atoms with Gasteiger partial charge in [-0.3, -0.25) is 4.90 Å². The van der Waals surface area contributed by atoms with E-state index in [9.17, 15) is 0 Å². The molecule has 2 atom stereocenters. The minimum Gasteiger partial charge on any atom is -0.382 e. The van der Waals surface area contributed by atoms with Crippen LogP contribution in [0.25, 0.3) is 0 Å². The van der Waals surface area contributed by atoms with Gasteiger partial charge in [0.15, 0.2) is 0 Å². The van der Waals surface area contributed by atoms with E-state index in [0.717, 1.165) is 13.1 Å². The van der Waals surface area contributed by atoms with Crippen molar-refractivity contribution in [3.05, 3.63) is 0 Å². The molecule has 0 aromatic carbocycles. The molecule has 1 fully saturated rings. The fraction of sp³-hybridized carbons (Fsp3) is 1.00. The van der Waals surface area contributed by atoms with Gasteiger partial charge < -0.3 is 9.47 Å². The maximum absolute atomic E-state index is 5.79. The van der Waals surface area contributed by atoms with Gasteiger partial charge in [0, 0.05) is 31.7 Å². The zero-order chi connectivity index (χ0) is 10.8. The Morgan fingerprint density at radius 3 is 2.57 bits per heavy atom. The van der Waals surface area contributed by atoms with Crippen LogP contribution < -0.4 is 0 Å². The van der Waals surface area contributed by atoms with E-state index in [1.54, 1.807) is 7.11 Å². The highest BCUT2D eigenvalue weighted by Gasteiger charge is 2.31. The molecule has 14 heavy (non-hydrogen) atoms. The molecule has 82 valence electrons. The molecule has 0 bridgehead atoms. The normalized spacial score (nSPS) is 30.6. The van der Waals surface area contributed by atoms with Gasteiger partial charge in [-0.15, -0.1) is 0 Å². The summed E-state index contributed by atoms with van der Waals surface area (Å²) < 4.78 is 10.9. The summed E-state index contributed by atoms with van der Waals surface area (Å²) >= 11 is 0. The molecule has 1 aliphatic rings. The van der Waals surface area contributed by atoms with E-state index >= 15 is 0 Å². The number of rotatable bonds is 2. The highest BCUT2D eigenvalue weighted by Crippen LogP contribution is 2.19. The molecule has 0 aromatic rings. The summed E-state index contributed by atoms with van der Waals surface area (Å²) in [6.45, 7) is 9.42. The average molecular weight is 199 g/mol. The van der Waals surface area contributed by atoms with Crippen molar-refractivity contribution >= 4 is 7.85 Å². The number of hydrogen-bond donors (Lipinski definition) is 0. The third kappa shape index (κ3) is 3.26. The van der Waals surface area contributed by atoms with Gasteiger partial charge in [0.25, 0.3) is 0 Å². The van der Waals surface area contributed by atoms with Crippen molar-refractivity contribution in [2.24, 2.45) is 0 Å². The molecule has 2 unspecified atom stereocenters. The molecule has 0 N–H and O–H groups in total. The Hall–Kier alpha value is -0.0551. The summed E-state index contributed by atoms with van der Waals surface area (Å²) in [5, 5.41) is 0. The fourth-order valence-corrected chi connectivity index (χ4v) is 1.87. The molecule has 0 saturated carbocycles. The fourth-order valence-electron chi connectivity index (χ4n) is 1.87. The minimum atomic E-state index is 0.225. The van der Waals surface area contributed by atoms with E-state index in [-0.39, 0.29) is 11.6 Å². The third-order valence-electron chi connectivity index (χ3n) is 2.63. The van der Waals surface area contributed by atoms with Crippen LogP contribution in [0.15, 0.2) is 0 Å².